The van der Waals surface area contributed by atoms with Crippen molar-refractivity contribution in [3.8, 4) is 16.8 Å². The number of aromatic nitrogens is 3. The Bertz CT molecular complexity index is 1360. The van der Waals surface area contributed by atoms with Gasteiger partial charge in [0.25, 0.3) is 5.56 Å². The zero-order valence-corrected chi connectivity index (χ0v) is 16.4. The molecule has 0 fully saturated rings. The van der Waals surface area contributed by atoms with Crippen LogP contribution in [0.4, 0.5) is 4.39 Å². The Morgan fingerprint density at radius 1 is 1.17 bits per heavy atom. The number of carbonyl (C=O) groups is 1. The predicted molar refractivity (Wildman–Crippen MR) is 110 cm³/mol. The largest absolute Gasteiger partial charge is 0.366 e. The highest BCUT2D eigenvalue weighted by atomic mass is 35.5. The van der Waals surface area contributed by atoms with Crippen molar-refractivity contribution in [3.05, 3.63) is 81.0 Å². The fourth-order valence-electron chi connectivity index (χ4n) is 3.38. The van der Waals surface area contributed by atoms with E-state index >= 15 is 0 Å². The minimum absolute atomic E-state index is 0.00277. The number of primary amides is 1. The van der Waals surface area contributed by atoms with Crippen molar-refractivity contribution < 1.29 is 9.18 Å². The van der Waals surface area contributed by atoms with E-state index < -0.39 is 11.7 Å². The lowest BCUT2D eigenvalue weighted by Gasteiger charge is -2.13. The van der Waals surface area contributed by atoms with Gasteiger partial charge in [0.2, 0.25) is 5.91 Å². The van der Waals surface area contributed by atoms with Crippen LogP contribution in [0.5, 0.6) is 0 Å². The number of rotatable bonds is 3. The monoisotopic (exact) mass is 410 g/mol. The van der Waals surface area contributed by atoms with Gasteiger partial charge in [-0.2, -0.15) is 5.10 Å². The number of halogens is 2. The number of aryl methyl sites for hydroxylation is 1. The van der Waals surface area contributed by atoms with Crippen LogP contribution in [0.1, 0.15) is 15.9 Å². The van der Waals surface area contributed by atoms with Crippen LogP contribution in [0.15, 0.2) is 53.5 Å². The van der Waals surface area contributed by atoms with Crippen LogP contribution in [0.2, 0.25) is 5.02 Å². The van der Waals surface area contributed by atoms with E-state index in [-0.39, 0.29) is 22.2 Å². The Kier molecular flexibility index (Phi) is 4.47. The van der Waals surface area contributed by atoms with Crippen LogP contribution in [0.3, 0.4) is 0 Å². The van der Waals surface area contributed by atoms with E-state index in [1.54, 1.807) is 49.1 Å². The third-order valence-corrected chi connectivity index (χ3v) is 5.24. The van der Waals surface area contributed by atoms with Crippen LogP contribution in [-0.4, -0.2) is 20.3 Å². The number of pyridine rings is 1. The number of benzene rings is 2. The Morgan fingerprint density at radius 2 is 1.90 bits per heavy atom. The average Bonchev–Trinajstić information content (AvgIpc) is 3.11. The molecule has 0 atom stereocenters. The molecule has 0 spiro atoms. The van der Waals surface area contributed by atoms with Crippen molar-refractivity contribution in [3.63, 3.8) is 0 Å². The van der Waals surface area contributed by atoms with Crippen molar-refractivity contribution in [1.82, 2.24) is 14.3 Å². The smallest absolute Gasteiger partial charge is 0.259 e. The molecule has 0 radical (unpaired) electrons. The van der Waals surface area contributed by atoms with E-state index in [0.717, 1.165) is 6.07 Å². The summed E-state index contributed by atoms with van der Waals surface area (Å²) in [5.74, 6) is -1.38. The van der Waals surface area contributed by atoms with Gasteiger partial charge >= 0.3 is 0 Å². The molecule has 2 N–H and O–H groups in total. The quantitative estimate of drug-likeness (QED) is 0.560. The highest BCUT2D eigenvalue weighted by Gasteiger charge is 2.19. The summed E-state index contributed by atoms with van der Waals surface area (Å²) in [7, 11) is 1.60. The van der Waals surface area contributed by atoms with E-state index in [2.05, 4.69) is 5.10 Å². The van der Waals surface area contributed by atoms with Gasteiger partial charge in [-0.3, -0.25) is 14.2 Å². The molecule has 0 saturated carbocycles. The highest BCUT2D eigenvalue weighted by molar-refractivity contribution is 6.32. The molecule has 0 saturated heterocycles. The summed E-state index contributed by atoms with van der Waals surface area (Å²) in [6, 6.07) is 11.3. The molecular formula is C21H16ClFN4O2. The van der Waals surface area contributed by atoms with Gasteiger partial charge in [0, 0.05) is 23.6 Å². The molecule has 2 heterocycles. The molecule has 0 aliphatic carbocycles. The molecule has 0 bridgehead atoms. The SMILES string of the molecule is Cc1c(F)cc(C(N)=O)cc1-c1cc2cnn(-c3ccccc3Cl)c2n(C)c1=O. The third kappa shape index (κ3) is 3.00. The van der Waals surface area contributed by atoms with Gasteiger partial charge in [0.1, 0.15) is 11.5 Å². The van der Waals surface area contributed by atoms with Gasteiger partial charge in [0.15, 0.2) is 0 Å². The van der Waals surface area contributed by atoms with E-state index in [1.165, 1.54) is 10.6 Å². The normalized spacial score (nSPS) is 11.2. The summed E-state index contributed by atoms with van der Waals surface area (Å²) < 4.78 is 17.4. The minimum Gasteiger partial charge on any atom is -0.366 e. The fraction of sp³-hybridized carbons (Fsp3) is 0.0952. The molecule has 146 valence electrons. The maximum atomic E-state index is 14.4. The number of nitrogens with two attached hydrogens (primary N) is 1. The van der Waals surface area contributed by atoms with E-state index in [1.807, 2.05) is 6.07 Å². The molecule has 0 aliphatic heterocycles. The lowest BCUT2D eigenvalue weighted by Crippen LogP contribution is -2.21. The standard InChI is InChI=1S/C21H16ClFN4O2/c1-11-14(7-12(19(24)28)9-17(11)23)15-8-13-10-25-27(20(13)26(2)21(15)29)18-6-4-3-5-16(18)22/h3-10H,1-2H3,(H2,24,28). The number of para-hydroxylation sites is 1. The van der Waals surface area contributed by atoms with Crippen molar-refractivity contribution in [2.75, 3.05) is 0 Å². The molecule has 1 amide bonds. The first-order valence-corrected chi connectivity index (χ1v) is 9.10. The van der Waals surface area contributed by atoms with E-state index in [4.69, 9.17) is 17.3 Å². The predicted octanol–water partition coefficient (Wildman–Crippen LogP) is 3.59. The Balaban J connectivity index is 2.02. The first kappa shape index (κ1) is 18.9. The summed E-state index contributed by atoms with van der Waals surface area (Å²) in [5, 5.41) is 5.52. The van der Waals surface area contributed by atoms with E-state index in [9.17, 15) is 14.0 Å². The van der Waals surface area contributed by atoms with Gasteiger partial charge in [0.05, 0.1) is 16.9 Å². The van der Waals surface area contributed by atoms with Crippen LogP contribution < -0.4 is 11.3 Å². The van der Waals surface area contributed by atoms with Crippen molar-refractivity contribution in [2.45, 2.75) is 6.92 Å². The van der Waals surface area contributed by atoms with Gasteiger partial charge in [-0.25, -0.2) is 9.07 Å². The highest BCUT2D eigenvalue weighted by Crippen LogP contribution is 2.29. The molecule has 4 aromatic rings. The summed E-state index contributed by atoms with van der Waals surface area (Å²) >= 11 is 6.29. The Labute approximate surface area is 169 Å². The fourth-order valence-corrected chi connectivity index (χ4v) is 3.60. The first-order chi connectivity index (χ1) is 13.8. The van der Waals surface area contributed by atoms with Crippen LogP contribution >= 0.6 is 11.6 Å². The molecule has 29 heavy (non-hydrogen) atoms. The summed E-state index contributed by atoms with van der Waals surface area (Å²) in [6.07, 6.45) is 1.60. The second-order valence-electron chi connectivity index (χ2n) is 6.70. The number of nitrogens with zero attached hydrogens (tertiary/aromatic N) is 3. The molecule has 2 aromatic heterocycles. The molecule has 0 unspecified atom stereocenters. The number of hydrogen-bond acceptors (Lipinski definition) is 3. The average molecular weight is 411 g/mol. The zero-order chi connectivity index (χ0) is 20.9. The summed E-state index contributed by atoms with van der Waals surface area (Å²) in [4.78, 5) is 24.7. The van der Waals surface area contributed by atoms with Crippen LogP contribution in [0.25, 0.3) is 27.8 Å². The zero-order valence-electron chi connectivity index (χ0n) is 15.6. The lowest BCUT2D eigenvalue weighted by molar-refractivity contribution is 0.1000. The number of amides is 1. The molecule has 0 aliphatic rings. The van der Waals surface area contributed by atoms with Gasteiger partial charge in [-0.15, -0.1) is 0 Å². The minimum atomic E-state index is -0.769. The third-order valence-electron chi connectivity index (χ3n) is 4.92. The second kappa shape index (κ2) is 6.86. The number of hydrogen-bond donors (Lipinski definition) is 1. The van der Waals surface area contributed by atoms with E-state index in [0.29, 0.717) is 27.3 Å². The molecular weight excluding hydrogens is 395 g/mol. The number of carbonyl (C=O) groups excluding carboxylic acids is 1. The van der Waals surface area contributed by atoms with Crippen LogP contribution in [-0.2, 0) is 7.05 Å². The summed E-state index contributed by atoms with van der Waals surface area (Å²) in [5.41, 5.74) is 6.92. The van der Waals surface area contributed by atoms with Crippen LogP contribution in [0, 0.1) is 12.7 Å². The number of fused-ring (bicyclic) bond motifs is 1. The molecule has 4 rings (SSSR count). The Morgan fingerprint density at radius 3 is 2.59 bits per heavy atom. The first-order valence-electron chi connectivity index (χ1n) is 8.72. The second-order valence-corrected chi connectivity index (χ2v) is 7.11. The van der Waals surface area contributed by atoms with Crippen molar-refractivity contribution >= 4 is 28.5 Å². The topological polar surface area (TPSA) is 82.9 Å². The van der Waals surface area contributed by atoms with Gasteiger partial charge in [-0.1, -0.05) is 23.7 Å². The molecule has 2 aromatic carbocycles. The molecule has 6 nitrogen and oxygen atoms in total. The van der Waals surface area contributed by atoms with Gasteiger partial charge in [-0.05, 0) is 48.4 Å². The summed E-state index contributed by atoms with van der Waals surface area (Å²) in [6.45, 7) is 1.55. The van der Waals surface area contributed by atoms with Crippen molar-refractivity contribution in [1.29, 1.82) is 0 Å². The lowest BCUT2D eigenvalue weighted by atomic mass is 9.97. The van der Waals surface area contributed by atoms with Crippen molar-refractivity contribution in [2.24, 2.45) is 12.8 Å². The maximum absolute atomic E-state index is 14.4. The Hall–Kier alpha value is -3.45. The maximum Gasteiger partial charge on any atom is 0.259 e. The van der Waals surface area contributed by atoms with Gasteiger partial charge < -0.3 is 5.73 Å². The molecule has 8 heteroatoms.